The van der Waals surface area contributed by atoms with Crippen LogP contribution in [0.5, 0.6) is 0 Å². The second-order valence-corrected chi connectivity index (χ2v) is 7.63. The summed E-state index contributed by atoms with van der Waals surface area (Å²) in [6, 6.07) is 12.3. The van der Waals surface area contributed by atoms with Crippen LogP contribution < -0.4 is 5.84 Å². The third-order valence-electron chi connectivity index (χ3n) is 3.63. The maximum atomic E-state index is 12.2. The Morgan fingerprint density at radius 1 is 0.929 bits per heavy atom. The molecule has 0 saturated carbocycles. The van der Waals surface area contributed by atoms with Gasteiger partial charge in [-0.1, -0.05) is 41.9 Å². The average Bonchev–Trinajstić information content (AvgIpc) is 2.58. The van der Waals surface area contributed by atoms with Crippen molar-refractivity contribution in [3.05, 3.63) is 69.7 Å². The SMILES string of the molecule is Cc1cc(C(=O)N(N)C(C)(C)C)cc(C)c1Cl.Cl.Cl.O=C(Cl)c1ccccc1. The van der Waals surface area contributed by atoms with Crippen molar-refractivity contribution in [1.82, 2.24) is 5.01 Å². The molecule has 0 saturated heterocycles. The number of nitrogens with two attached hydrogens (primary N) is 1. The molecule has 0 aromatic heterocycles. The second kappa shape index (κ2) is 12.3. The number of aryl methyl sites for hydroxylation is 2. The zero-order valence-corrected chi connectivity index (χ0v) is 19.6. The summed E-state index contributed by atoms with van der Waals surface area (Å²) in [7, 11) is 0. The fourth-order valence-corrected chi connectivity index (χ4v) is 2.32. The molecule has 2 aromatic carbocycles. The van der Waals surface area contributed by atoms with Gasteiger partial charge in [0.1, 0.15) is 0 Å². The number of carbonyl (C=O) groups is 2. The lowest BCUT2D eigenvalue weighted by Crippen LogP contribution is -2.50. The molecule has 0 fully saturated rings. The molecule has 0 spiro atoms. The highest BCUT2D eigenvalue weighted by molar-refractivity contribution is 6.67. The molecule has 0 aliphatic rings. The maximum Gasteiger partial charge on any atom is 0.268 e. The number of rotatable bonds is 2. The summed E-state index contributed by atoms with van der Waals surface area (Å²) in [5.41, 5.74) is 2.48. The van der Waals surface area contributed by atoms with E-state index in [1.165, 1.54) is 5.01 Å². The van der Waals surface area contributed by atoms with Crippen molar-refractivity contribution in [2.45, 2.75) is 40.2 Å². The lowest BCUT2D eigenvalue weighted by molar-refractivity contribution is 0.0581. The maximum absolute atomic E-state index is 12.2. The average molecular weight is 468 g/mol. The molecule has 4 nitrogen and oxygen atoms in total. The minimum Gasteiger partial charge on any atom is -0.276 e. The van der Waals surface area contributed by atoms with Crippen LogP contribution in [-0.2, 0) is 0 Å². The Labute approximate surface area is 189 Å². The predicted octanol–water partition coefficient (Wildman–Crippen LogP) is 5.98. The Morgan fingerprint density at radius 3 is 1.68 bits per heavy atom. The number of nitrogens with zero attached hydrogens (tertiary/aromatic N) is 1. The van der Waals surface area contributed by atoms with Crippen molar-refractivity contribution in [2.75, 3.05) is 0 Å². The van der Waals surface area contributed by atoms with Gasteiger partial charge in [0.2, 0.25) is 0 Å². The van der Waals surface area contributed by atoms with E-state index in [2.05, 4.69) is 0 Å². The monoisotopic (exact) mass is 466 g/mol. The van der Waals surface area contributed by atoms with Gasteiger partial charge in [-0.05, 0) is 69.5 Å². The molecule has 28 heavy (non-hydrogen) atoms. The van der Waals surface area contributed by atoms with Crippen molar-refractivity contribution < 1.29 is 9.59 Å². The fraction of sp³-hybridized carbons (Fsp3) is 0.300. The molecule has 2 aromatic rings. The second-order valence-electron chi connectivity index (χ2n) is 6.91. The third-order valence-corrected chi connectivity index (χ3v) is 4.44. The molecule has 0 aliphatic carbocycles. The number of benzene rings is 2. The molecular weight excluding hydrogens is 442 g/mol. The van der Waals surface area contributed by atoms with Gasteiger partial charge in [-0.15, -0.1) is 24.8 Å². The van der Waals surface area contributed by atoms with Crippen LogP contribution in [0.25, 0.3) is 0 Å². The Balaban J connectivity index is 0. The summed E-state index contributed by atoms with van der Waals surface area (Å²) < 4.78 is 0. The number of halogens is 4. The first-order chi connectivity index (χ1) is 11.9. The Hall–Kier alpha value is -1.30. The van der Waals surface area contributed by atoms with E-state index in [4.69, 9.17) is 29.0 Å². The van der Waals surface area contributed by atoms with Crippen LogP contribution in [-0.4, -0.2) is 21.7 Å². The molecule has 0 unspecified atom stereocenters. The minimum absolute atomic E-state index is 0. The molecule has 1 amide bonds. The number of hydrogen-bond donors (Lipinski definition) is 1. The standard InChI is InChI=1S/C13H19ClN2O.C7H5ClO.2ClH/c1-8-6-10(7-9(2)11(8)14)12(17)16(15)13(3,4)5;8-7(9)6-4-2-1-3-5-6;;/h6-7H,15H2,1-5H3;1-5H;2*1H. The van der Waals surface area contributed by atoms with E-state index in [-0.39, 0.29) is 30.7 Å². The first kappa shape index (κ1) is 28.9. The molecule has 0 bridgehead atoms. The highest BCUT2D eigenvalue weighted by atomic mass is 35.5. The van der Waals surface area contributed by atoms with E-state index in [1.807, 2.05) is 40.7 Å². The first-order valence-corrected chi connectivity index (χ1v) is 8.81. The largest absolute Gasteiger partial charge is 0.276 e. The molecule has 0 heterocycles. The normalized spacial score (nSPS) is 9.86. The van der Waals surface area contributed by atoms with Crippen molar-refractivity contribution in [3.8, 4) is 0 Å². The van der Waals surface area contributed by atoms with Gasteiger partial charge in [0.15, 0.2) is 0 Å². The third kappa shape index (κ3) is 8.38. The van der Waals surface area contributed by atoms with Gasteiger partial charge < -0.3 is 0 Å². The van der Waals surface area contributed by atoms with Crippen LogP contribution in [0.1, 0.15) is 52.6 Å². The van der Waals surface area contributed by atoms with E-state index in [0.29, 0.717) is 16.1 Å². The van der Waals surface area contributed by atoms with Crippen LogP contribution >= 0.6 is 48.0 Å². The summed E-state index contributed by atoms with van der Waals surface area (Å²) >= 11 is 11.2. The molecule has 0 atom stereocenters. The van der Waals surface area contributed by atoms with E-state index < -0.39 is 10.8 Å². The summed E-state index contributed by atoms with van der Waals surface area (Å²) in [6.45, 7) is 9.43. The van der Waals surface area contributed by atoms with Crippen LogP contribution in [0, 0.1) is 13.8 Å². The predicted molar refractivity (Wildman–Crippen MR) is 122 cm³/mol. The topological polar surface area (TPSA) is 63.4 Å². The Bertz CT molecular complexity index is 768. The number of hydrazine groups is 1. The number of carbonyl (C=O) groups excluding carboxylic acids is 2. The molecule has 8 heteroatoms. The molecule has 2 N–H and O–H groups in total. The Kier molecular flexibility index (Phi) is 12.7. The van der Waals surface area contributed by atoms with E-state index in [1.54, 1.807) is 36.4 Å². The van der Waals surface area contributed by atoms with Gasteiger partial charge in [0, 0.05) is 16.1 Å². The van der Waals surface area contributed by atoms with Gasteiger partial charge in [-0.25, -0.2) is 5.84 Å². The van der Waals surface area contributed by atoms with Gasteiger partial charge in [-0.2, -0.15) is 0 Å². The minimum atomic E-state index is -0.407. The number of hydrogen-bond acceptors (Lipinski definition) is 3. The van der Waals surface area contributed by atoms with Gasteiger partial charge >= 0.3 is 0 Å². The quantitative estimate of drug-likeness (QED) is 0.255. The first-order valence-electron chi connectivity index (χ1n) is 8.06. The van der Waals surface area contributed by atoms with E-state index in [0.717, 1.165) is 11.1 Å². The van der Waals surface area contributed by atoms with Gasteiger partial charge in [0.25, 0.3) is 11.1 Å². The fourth-order valence-electron chi connectivity index (χ4n) is 2.08. The zero-order valence-electron chi connectivity index (χ0n) is 16.5. The van der Waals surface area contributed by atoms with Gasteiger partial charge in [0.05, 0.1) is 5.54 Å². The smallest absolute Gasteiger partial charge is 0.268 e. The summed E-state index contributed by atoms with van der Waals surface area (Å²) in [6.07, 6.45) is 0. The molecule has 2 rings (SSSR count). The number of amides is 1. The lowest BCUT2D eigenvalue weighted by atomic mass is 10.0. The van der Waals surface area contributed by atoms with Gasteiger partial charge in [-0.3, -0.25) is 14.6 Å². The lowest BCUT2D eigenvalue weighted by Gasteiger charge is -2.31. The van der Waals surface area contributed by atoms with Crippen molar-refractivity contribution in [2.24, 2.45) is 5.84 Å². The van der Waals surface area contributed by atoms with Crippen molar-refractivity contribution in [1.29, 1.82) is 0 Å². The van der Waals surface area contributed by atoms with Crippen LogP contribution in [0.3, 0.4) is 0 Å². The summed E-state index contributed by atoms with van der Waals surface area (Å²) in [5.74, 6) is 5.62. The summed E-state index contributed by atoms with van der Waals surface area (Å²) in [5, 5.41) is 1.53. The summed E-state index contributed by atoms with van der Waals surface area (Å²) in [4.78, 5) is 22.6. The molecule has 0 radical (unpaired) electrons. The van der Waals surface area contributed by atoms with Crippen LogP contribution in [0.15, 0.2) is 42.5 Å². The molecular formula is C20H26Cl4N2O2. The van der Waals surface area contributed by atoms with Crippen molar-refractivity contribution in [3.63, 3.8) is 0 Å². The van der Waals surface area contributed by atoms with E-state index >= 15 is 0 Å². The molecule has 156 valence electrons. The Morgan fingerprint density at radius 2 is 1.36 bits per heavy atom. The molecule has 0 aliphatic heterocycles. The van der Waals surface area contributed by atoms with Crippen LogP contribution in [0.2, 0.25) is 5.02 Å². The van der Waals surface area contributed by atoms with Crippen LogP contribution in [0.4, 0.5) is 0 Å². The highest BCUT2D eigenvalue weighted by Gasteiger charge is 2.25. The van der Waals surface area contributed by atoms with E-state index in [9.17, 15) is 9.59 Å². The van der Waals surface area contributed by atoms with Crippen molar-refractivity contribution >= 4 is 59.2 Å². The highest BCUT2D eigenvalue weighted by Crippen LogP contribution is 2.23. The zero-order chi connectivity index (χ0) is 20.1.